The van der Waals surface area contributed by atoms with Gasteiger partial charge in [0.1, 0.15) is 5.82 Å². The number of nitrogens with zero attached hydrogens (tertiary/aromatic N) is 1. The molecule has 1 fully saturated rings. The number of halogens is 1. The van der Waals surface area contributed by atoms with Crippen molar-refractivity contribution in [3.63, 3.8) is 0 Å². The van der Waals surface area contributed by atoms with E-state index in [-0.39, 0.29) is 5.82 Å². The third-order valence-corrected chi connectivity index (χ3v) is 3.67. The standard InChI is InChI=1S/C15H22FNO2/c1-19-11-12-4-3-7-17(9-12)10-15(18)13-5-2-6-14(16)8-13/h2,5-6,8,12,15,18H,3-4,7,9-11H2,1H3/t12-,15+/m0/s1. The molecule has 1 aliphatic heterocycles. The summed E-state index contributed by atoms with van der Waals surface area (Å²) in [4.78, 5) is 2.24. The molecule has 106 valence electrons. The molecule has 0 spiro atoms. The molecule has 0 amide bonds. The van der Waals surface area contributed by atoms with Crippen LogP contribution in [-0.4, -0.2) is 43.4 Å². The number of aliphatic hydroxyl groups excluding tert-OH is 1. The van der Waals surface area contributed by atoms with Crippen LogP contribution in [0.25, 0.3) is 0 Å². The molecular formula is C15H22FNO2. The lowest BCUT2D eigenvalue weighted by Gasteiger charge is -2.33. The summed E-state index contributed by atoms with van der Waals surface area (Å²) in [5, 5.41) is 10.2. The average Bonchev–Trinajstić information content (AvgIpc) is 2.39. The van der Waals surface area contributed by atoms with Gasteiger partial charge >= 0.3 is 0 Å². The third-order valence-electron chi connectivity index (χ3n) is 3.67. The Morgan fingerprint density at radius 2 is 2.37 bits per heavy atom. The summed E-state index contributed by atoms with van der Waals surface area (Å²) < 4.78 is 18.3. The molecule has 0 aromatic heterocycles. The van der Waals surface area contributed by atoms with E-state index >= 15 is 0 Å². The molecule has 0 saturated carbocycles. The molecule has 1 heterocycles. The zero-order valence-corrected chi connectivity index (χ0v) is 11.4. The normalized spacial score (nSPS) is 22.4. The number of benzene rings is 1. The Morgan fingerprint density at radius 1 is 1.53 bits per heavy atom. The minimum atomic E-state index is -0.628. The number of ether oxygens (including phenoxy) is 1. The van der Waals surface area contributed by atoms with Crippen molar-refractivity contribution < 1.29 is 14.2 Å². The summed E-state index contributed by atoms with van der Waals surface area (Å²) in [5.74, 6) is 0.242. The van der Waals surface area contributed by atoms with E-state index < -0.39 is 6.10 Å². The van der Waals surface area contributed by atoms with Crippen LogP contribution in [0.4, 0.5) is 4.39 Å². The number of β-amino-alcohol motifs (C(OH)–C–C–N with tert-alkyl or cyclic N) is 1. The van der Waals surface area contributed by atoms with Crippen molar-refractivity contribution in [3.8, 4) is 0 Å². The maximum Gasteiger partial charge on any atom is 0.123 e. The second-order valence-electron chi connectivity index (χ2n) is 5.29. The first kappa shape index (κ1) is 14.4. The molecule has 2 rings (SSSR count). The summed E-state index contributed by atoms with van der Waals surface area (Å²) in [6.45, 7) is 3.27. The van der Waals surface area contributed by atoms with Crippen molar-refractivity contribution in [1.82, 2.24) is 4.90 Å². The minimum Gasteiger partial charge on any atom is -0.387 e. The molecule has 19 heavy (non-hydrogen) atoms. The molecule has 0 radical (unpaired) electrons. The molecule has 3 nitrogen and oxygen atoms in total. The summed E-state index contributed by atoms with van der Waals surface area (Å²) in [6, 6.07) is 6.20. The number of aliphatic hydroxyl groups is 1. The highest BCUT2D eigenvalue weighted by atomic mass is 19.1. The maximum atomic E-state index is 13.1. The molecule has 1 aromatic carbocycles. The Morgan fingerprint density at radius 3 is 3.11 bits per heavy atom. The molecule has 1 aliphatic rings. The maximum absolute atomic E-state index is 13.1. The van der Waals surface area contributed by atoms with Crippen molar-refractivity contribution >= 4 is 0 Å². The quantitative estimate of drug-likeness (QED) is 0.888. The smallest absolute Gasteiger partial charge is 0.123 e. The number of hydrogen-bond donors (Lipinski definition) is 1. The highest BCUT2D eigenvalue weighted by Crippen LogP contribution is 2.21. The molecule has 4 heteroatoms. The number of piperidine rings is 1. The number of hydrogen-bond acceptors (Lipinski definition) is 3. The zero-order valence-electron chi connectivity index (χ0n) is 11.4. The molecule has 1 N–H and O–H groups in total. The lowest BCUT2D eigenvalue weighted by Crippen LogP contribution is -2.39. The van der Waals surface area contributed by atoms with E-state index in [0.29, 0.717) is 18.0 Å². The Bertz CT molecular complexity index is 397. The first-order valence-electron chi connectivity index (χ1n) is 6.84. The number of likely N-dealkylation sites (tertiary alicyclic amines) is 1. The van der Waals surface area contributed by atoms with Crippen LogP contribution in [0.2, 0.25) is 0 Å². The highest BCUT2D eigenvalue weighted by Gasteiger charge is 2.22. The third kappa shape index (κ3) is 4.27. The molecule has 1 saturated heterocycles. The van der Waals surface area contributed by atoms with Crippen LogP contribution in [0.15, 0.2) is 24.3 Å². The van der Waals surface area contributed by atoms with Crippen molar-refractivity contribution in [1.29, 1.82) is 0 Å². The summed E-state index contributed by atoms with van der Waals surface area (Å²) in [5.41, 5.74) is 0.647. The van der Waals surface area contributed by atoms with Gasteiger partial charge in [0, 0.05) is 20.2 Å². The van der Waals surface area contributed by atoms with E-state index in [0.717, 1.165) is 26.1 Å². The SMILES string of the molecule is COC[C@H]1CCCN(C[C@@H](O)c2cccc(F)c2)C1. The van der Waals surface area contributed by atoms with E-state index in [1.54, 1.807) is 19.2 Å². The van der Waals surface area contributed by atoms with Gasteiger partial charge in [-0.05, 0) is 43.0 Å². The lowest BCUT2D eigenvalue weighted by molar-refractivity contribution is 0.0562. The molecular weight excluding hydrogens is 245 g/mol. The predicted octanol–water partition coefficient (Wildman–Crippen LogP) is 2.22. The molecule has 1 aromatic rings. The second-order valence-corrected chi connectivity index (χ2v) is 5.29. The van der Waals surface area contributed by atoms with Gasteiger partial charge in [0.25, 0.3) is 0 Å². The Balaban J connectivity index is 1.89. The van der Waals surface area contributed by atoms with Gasteiger partial charge in [0.2, 0.25) is 0 Å². The van der Waals surface area contributed by atoms with Crippen LogP contribution < -0.4 is 0 Å². The molecule has 0 aliphatic carbocycles. The largest absolute Gasteiger partial charge is 0.387 e. The van der Waals surface area contributed by atoms with E-state index in [4.69, 9.17) is 4.74 Å². The van der Waals surface area contributed by atoms with Crippen molar-refractivity contribution in [2.45, 2.75) is 18.9 Å². The predicted molar refractivity (Wildman–Crippen MR) is 72.4 cm³/mol. The fourth-order valence-electron chi connectivity index (χ4n) is 2.75. The fraction of sp³-hybridized carbons (Fsp3) is 0.600. The van der Waals surface area contributed by atoms with Gasteiger partial charge in [0.05, 0.1) is 12.7 Å². The summed E-state index contributed by atoms with van der Waals surface area (Å²) in [6.07, 6.45) is 1.68. The van der Waals surface area contributed by atoms with Crippen LogP contribution in [0.5, 0.6) is 0 Å². The van der Waals surface area contributed by atoms with Gasteiger partial charge in [0.15, 0.2) is 0 Å². The zero-order chi connectivity index (χ0) is 13.7. The van der Waals surface area contributed by atoms with E-state index in [1.165, 1.54) is 18.6 Å². The summed E-state index contributed by atoms with van der Waals surface area (Å²) >= 11 is 0. The number of rotatable bonds is 5. The van der Waals surface area contributed by atoms with Crippen molar-refractivity contribution in [3.05, 3.63) is 35.6 Å². The van der Waals surface area contributed by atoms with Crippen molar-refractivity contribution in [2.24, 2.45) is 5.92 Å². The van der Waals surface area contributed by atoms with E-state index in [9.17, 15) is 9.50 Å². The molecule has 0 bridgehead atoms. The Kier molecular flexibility index (Phi) is 5.31. The lowest BCUT2D eigenvalue weighted by atomic mass is 9.98. The van der Waals surface area contributed by atoms with E-state index in [1.807, 2.05) is 0 Å². The van der Waals surface area contributed by atoms with E-state index in [2.05, 4.69) is 4.90 Å². The monoisotopic (exact) mass is 267 g/mol. The number of methoxy groups -OCH3 is 1. The van der Waals surface area contributed by atoms with Gasteiger partial charge < -0.3 is 14.7 Å². The molecule has 0 unspecified atom stereocenters. The summed E-state index contributed by atoms with van der Waals surface area (Å²) in [7, 11) is 1.72. The van der Waals surface area contributed by atoms with Crippen LogP contribution in [0.3, 0.4) is 0 Å². The van der Waals surface area contributed by atoms with Crippen LogP contribution in [0.1, 0.15) is 24.5 Å². The Labute approximate surface area is 114 Å². The van der Waals surface area contributed by atoms with Crippen LogP contribution in [-0.2, 0) is 4.74 Å². The first-order chi connectivity index (χ1) is 9.19. The van der Waals surface area contributed by atoms with Gasteiger partial charge in [-0.2, -0.15) is 0 Å². The fourth-order valence-corrected chi connectivity index (χ4v) is 2.75. The topological polar surface area (TPSA) is 32.7 Å². The highest BCUT2D eigenvalue weighted by molar-refractivity contribution is 5.19. The minimum absolute atomic E-state index is 0.299. The van der Waals surface area contributed by atoms with Gasteiger partial charge in [-0.1, -0.05) is 12.1 Å². The van der Waals surface area contributed by atoms with Gasteiger partial charge in [-0.25, -0.2) is 4.39 Å². The van der Waals surface area contributed by atoms with Crippen molar-refractivity contribution in [2.75, 3.05) is 33.4 Å². The second kappa shape index (κ2) is 6.98. The first-order valence-corrected chi connectivity index (χ1v) is 6.84. The average molecular weight is 267 g/mol. The van der Waals surface area contributed by atoms with Crippen LogP contribution in [0, 0.1) is 11.7 Å². The van der Waals surface area contributed by atoms with Crippen LogP contribution >= 0.6 is 0 Å². The molecule has 2 atom stereocenters. The van der Waals surface area contributed by atoms with Gasteiger partial charge in [-0.15, -0.1) is 0 Å². The van der Waals surface area contributed by atoms with Gasteiger partial charge in [-0.3, -0.25) is 0 Å². The Hall–Kier alpha value is -0.970.